The van der Waals surface area contributed by atoms with Crippen LogP contribution in [0.25, 0.3) is 0 Å². The summed E-state index contributed by atoms with van der Waals surface area (Å²) in [6, 6.07) is 11.1. The third-order valence-electron chi connectivity index (χ3n) is 4.40. The largest absolute Gasteiger partial charge is 0.416 e. The third-order valence-corrected chi connectivity index (χ3v) is 4.40. The van der Waals surface area contributed by atoms with Crippen molar-refractivity contribution in [2.45, 2.75) is 25.8 Å². The molecule has 0 aliphatic rings. The second kappa shape index (κ2) is 10.2. The molecule has 0 saturated carbocycles. The molecule has 0 spiro atoms. The fourth-order valence-corrected chi connectivity index (χ4v) is 3.01. The number of alkyl halides is 6. The lowest BCUT2D eigenvalue weighted by molar-refractivity contribution is -0.138. The first-order chi connectivity index (χ1) is 14.9. The van der Waals surface area contributed by atoms with E-state index in [1.54, 1.807) is 30.2 Å². The Bertz CT molecular complexity index is 1020. The molecule has 32 heavy (non-hydrogen) atoms. The van der Waals surface area contributed by atoms with Crippen LogP contribution in [0.2, 0.25) is 0 Å². The lowest BCUT2D eigenvalue weighted by Crippen LogP contribution is -2.44. The molecule has 0 unspecified atom stereocenters. The van der Waals surface area contributed by atoms with Crippen molar-refractivity contribution in [2.75, 3.05) is 0 Å². The second-order valence-corrected chi connectivity index (χ2v) is 6.92. The first-order valence-electron chi connectivity index (χ1n) is 9.26. The van der Waals surface area contributed by atoms with Gasteiger partial charge < -0.3 is 4.57 Å². The molecular formula is C22H18BF6N3. The van der Waals surface area contributed by atoms with Crippen LogP contribution in [0.1, 0.15) is 18.1 Å². The summed E-state index contributed by atoms with van der Waals surface area (Å²) in [5.74, 6) is 0. The van der Waals surface area contributed by atoms with Crippen molar-refractivity contribution in [3.63, 3.8) is 0 Å². The first kappa shape index (κ1) is 24.8. The van der Waals surface area contributed by atoms with Crippen LogP contribution < -0.4 is 10.9 Å². The van der Waals surface area contributed by atoms with E-state index in [0.717, 1.165) is 24.3 Å². The van der Waals surface area contributed by atoms with E-state index in [1.807, 2.05) is 6.07 Å². The SMILES string of the molecule is C=C(C)B(c1cccc(C(F)(F)F)c1)c1cccc(C(F)(F)F)c1.N#CCn1ccnc1. The molecular weight excluding hydrogens is 431 g/mol. The highest BCUT2D eigenvalue weighted by molar-refractivity contribution is 6.90. The minimum absolute atomic E-state index is 0.247. The fraction of sp³-hybridized carbons (Fsp3) is 0.182. The fourth-order valence-electron chi connectivity index (χ4n) is 3.01. The van der Waals surface area contributed by atoms with Gasteiger partial charge in [0.2, 0.25) is 6.71 Å². The summed E-state index contributed by atoms with van der Waals surface area (Å²) in [5.41, 5.74) is -0.751. The quantitative estimate of drug-likeness (QED) is 0.422. The smallest absolute Gasteiger partial charge is 0.324 e. The highest BCUT2D eigenvalue weighted by Gasteiger charge is 2.33. The van der Waals surface area contributed by atoms with Gasteiger partial charge in [0.15, 0.2) is 0 Å². The molecule has 0 bridgehead atoms. The van der Waals surface area contributed by atoms with Crippen molar-refractivity contribution in [3.05, 3.63) is 90.4 Å². The molecule has 10 heteroatoms. The number of allylic oxidation sites excluding steroid dienone is 1. The minimum atomic E-state index is -4.52. The van der Waals surface area contributed by atoms with Gasteiger partial charge in [-0.1, -0.05) is 66.4 Å². The first-order valence-corrected chi connectivity index (χ1v) is 9.26. The Kier molecular flexibility index (Phi) is 7.92. The summed E-state index contributed by atoms with van der Waals surface area (Å²) in [7, 11) is 0. The van der Waals surface area contributed by atoms with Crippen molar-refractivity contribution >= 4 is 17.6 Å². The maximum atomic E-state index is 12.9. The third kappa shape index (κ3) is 6.77. The predicted octanol–water partition coefficient (Wildman–Crippen LogP) is 4.86. The van der Waals surface area contributed by atoms with E-state index in [1.165, 1.54) is 24.3 Å². The van der Waals surface area contributed by atoms with Crippen LogP contribution in [0.4, 0.5) is 26.3 Å². The molecule has 2 aromatic carbocycles. The molecule has 1 aromatic heterocycles. The predicted molar refractivity (Wildman–Crippen MR) is 111 cm³/mol. The number of imidazole rings is 1. The van der Waals surface area contributed by atoms with Gasteiger partial charge in [0.1, 0.15) is 6.54 Å². The lowest BCUT2D eigenvalue weighted by atomic mass is 9.36. The Labute approximate surface area is 181 Å². The zero-order chi connectivity index (χ0) is 23.9. The standard InChI is InChI=1S/C17H13BF6.C5H5N3/c1-11(2)18(14-7-3-5-12(9-14)16(19,20)21)15-8-4-6-13(10-15)17(22,23)24;6-1-3-8-4-2-7-5-8/h3-10H,1H2,2H3;2,4-5H,3H2. The molecule has 1 heterocycles. The van der Waals surface area contributed by atoms with Gasteiger partial charge in [0.25, 0.3) is 0 Å². The zero-order valence-corrected chi connectivity index (χ0v) is 17.0. The van der Waals surface area contributed by atoms with Gasteiger partial charge in [0.05, 0.1) is 23.5 Å². The molecule has 0 saturated heterocycles. The topological polar surface area (TPSA) is 41.6 Å². The van der Waals surface area contributed by atoms with Crippen LogP contribution in [0.15, 0.2) is 79.3 Å². The summed E-state index contributed by atoms with van der Waals surface area (Å²) in [4.78, 5) is 3.75. The number of rotatable bonds is 4. The van der Waals surface area contributed by atoms with Crippen molar-refractivity contribution < 1.29 is 26.3 Å². The molecule has 0 radical (unpaired) electrons. The van der Waals surface area contributed by atoms with Gasteiger partial charge >= 0.3 is 12.4 Å². The monoisotopic (exact) mass is 449 g/mol. The molecule has 0 N–H and O–H groups in total. The van der Waals surface area contributed by atoms with Crippen molar-refractivity contribution in [3.8, 4) is 6.07 Å². The van der Waals surface area contributed by atoms with Gasteiger partial charge in [-0.05, 0) is 0 Å². The van der Waals surface area contributed by atoms with Crippen molar-refractivity contribution in [2.24, 2.45) is 0 Å². The Balaban J connectivity index is 0.000000380. The van der Waals surface area contributed by atoms with Gasteiger partial charge in [-0.25, -0.2) is 4.98 Å². The van der Waals surface area contributed by atoms with E-state index in [2.05, 4.69) is 11.6 Å². The average molecular weight is 449 g/mol. The van der Waals surface area contributed by atoms with E-state index in [4.69, 9.17) is 5.26 Å². The number of benzene rings is 2. The summed E-state index contributed by atoms with van der Waals surface area (Å²) >= 11 is 0. The van der Waals surface area contributed by atoms with Gasteiger partial charge in [-0.15, -0.1) is 12.1 Å². The summed E-state index contributed by atoms with van der Waals surface area (Å²) in [6.07, 6.45) is -4.03. The van der Waals surface area contributed by atoms with Crippen LogP contribution in [0, 0.1) is 11.3 Å². The second-order valence-electron chi connectivity index (χ2n) is 6.92. The van der Waals surface area contributed by atoms with Crippen molar-refractivity contribution in [1.29, 1.82) is 5.26 Å². The highest BCUT2D eigenvalue weighted by Crippen LogP contribution is 2.29. The molecule has 0 aliphatic carbocycles. The van der Waals surface area contributed by atoms with E-state index < -0.39 is 30.2 Å². The maximum absolute atomic E-state index is 12.9. The van der Waals surface area contributed by atoms with E-state index >= 15 is 0 Å². The van der Waals surface area contributed by atoms with Crippen LogP contribution in [-0.2, 0) is 18.9 Å². The summed E-state index contributed by atoms with van der Waals surface area (Å²) in [6.45, 7) is 4.94. The average Bonchev–Trinajstić information content (AvgIpc) is 3.21. The number of hydrogen-bond acceptors (Lipinski definition) is 2. The molecule has 0 amide bonds. The van der Waals surface area contributed by atoms with Crippen molar-refractivity contribution in [1.82, 2.24) is 9.55 Å². The van der Waals surface area contributed by atoms with Crippen LogP contribution in [0.5, 0.6) is 0 Å². The number of halogens is 6. The molecule has 0 aliphatic heterocycles. The Hall–Kier alpha value is -3.48. The molecule has 0 atom stereocenters. The maximum Gasteiger partial charge on any atom is 0.416 e. The Morgan fingerprint density at radius 2 is 1.50 bits per heavy atom. The van der Waals surface area contributed by atoms with E-state index in [9.17, 15) is 26.3 Å². The summed E-state index contributed by atoms with van der Waals surface area (Å²) < 4.78 is 79.0. The van der Waals surface area contributed by atoms with E-state index in [0.29, 0.717) is 12.0 Å². The zero-order valence-electron chi connectivity index (χ0n) is 17.0. The highest BCUT2D eigenvalue weighted by atomic mass is 19.4. The molecule has 3 rings (SSSR count). The number of hydrogen-bond donors (Lipinski definition) is 0. The van der Waals surface area contributed by atoms with Crippen LogP contribution >= 0.6 is 0 Å². The molecule has 166 valence electrons. The normalized spacial score (nSPS) is 11.2. The molecule has 3 nitrogen and oxygen atoms in total. The van der Waals surface area contributed by atoms with Gasteiger partial charge in [-0.2, -0.15) is 31.6 Å². The van der Waals surface area contributed by atoms with Gasteiger partial charge in [0, 0.05) is 12.4 Å². The summed E-state index contributed by atoms with van der Waals surface area (Å²) in [5, 5.41) is 8.14. The number of aromatic nitrogens is 2. The Morgan fingerprint density at radius 1 is 1.00 bits per heavy atom. The Morgan fingerprint density at radius 3 is 1.84 bits per heavy atom. The number of nitriles is 1. The minimum Gasteiger partial charge on any atom is -0.324 e. The molecule has 3 aromatic rings. The van der Waals surface area contributed by atoms with E-state index in [-0.39, 0.29) is 10.9 Å². The molecule has 0 fully saturated rings. The van der Waals surface area contributed by atoms with Crippen LogP contribution in [0.3, 0.4) is 0 Å². The van der Waals surface area contributed by atoms with Crippen LogP contribution in [-0.4, -0.2) is 16.3 Å². The lowest BCUT2D eigenvalue weighted by Gasteiger charge is -2.18. The van der Waals surface area contributed by atoms with Gasteiger partial charge in [-0.3, -0.25) is 0 Å². The number of nitrogens with zero attached hydrogens (tertiary/aromatic N) is 3.